The van der Waals surface area contributed by atoms with Gasteiger partial charge in [-0.3, -0.25) is 0 Å². The maximum atomic E-state index is 13.0. The first-order valence-corrected chi connectivity index (χ1v) is 8.78. The molecule has 4 nitrogen and oxygen atoms in total. The van der Waals surface area contributed by atoms with Gasteiger partial charge in [0.25, 0.3) is 0 Å². The Hall–Kier alpha value is -2.70. The summed E-state index contributed by atoms with van der Waals surface area (Å²) >= 11 is 0. The van der Waals surface area contributed by atoms with Crippen molar-refractivity contribution in [1.82, 2.24) is 19.5 Å². The van der Waals surface area contributed by atoms with Crippen molar-refractivity contribution in [3.8, 4) is 11.3 Å². The molecule has 0 saturated carbocycles. The molecule has 7 heteroatoms. The van der Waals surface area contributed by atoms with E-state index >= 15 is 0 Å². The van der Waals surface area contributed by atoms with E-state index in [-0.39, 0.29) is 11.7 Å². The molecule has 0 atom stereocenters. The largest absolute Gasteiger partial charge is 0.433 e. The summed E-state index contributed by atoms with van der Waals surface area (Å²) in [5.74, 6) is 0.402. The number of hydrogen-bond acceptors (Lipinski definition) is 3. The minimum absolute atomic E-state index is 0.187. The predicted molar refractivity (Wildman–Crippen MR) is 97.2 cm³/mol. The lowest BCUT2D eigenvalue weighted by Crippen LogP contribution is -2.14. The highest BCUT2D eigenvalue weighted by molar-refractivity contribution is 5.62. The van der Waals surface area contributed by atoms with Gasteiger partial charge in [-0.15, -0.1) is 0 Å². The highest BCUT2D eigenvalue weighted by Crippen LogP contribution is 2.29. The van der Waals surface area contributed by atoms with E-state index in [1.807, 2.05) is 34.9 Å². The molecule has 2 aromatic heterocycles. The number of nitrogens with zero attached hydrogens (tertiary/aromatic N) is 4. The minimum Gasteiger partial charge on any atom is -0.333 e. The molecule has 0 saturated heterocycles. The van der Waals surface area contributed by atoms with Crippen LogP contribution in [-0.2, 0) is 19.1 Å². The maximum Gasteiger partial charge on any atom is 0.433 e. The smallest absolute Gasteiger partial charge is 0.333 e. The average Bonchev–Trinajstić information content (AvgIpc) is 3.04. The second-order valence-electron chi connectivity index (χ2n) is 6.75. The van der Waals surface area contributed by atoms with Crippen LogP contribution in [0.5, 0.6) is 0 Å². The van der Waals surface area contributed by atoms with Gasteiger partial charge in [0.2, 0.25) is 0 Å². The lowest BCUT2D eigenvalue weighted by molar-refractivity contribution is -0.141. The number of halogens is 3. The van der Waals surface area contributed by atoms with E-state index < -0.39 is 11.9 Å². The Morgan fingerprint density at radius 2 is 1.78 bits per heavy atom. The monoisotopic (exact) mass is 374 g/mol. The van der Waals surface area contributed by atoms with E-state index in [2.05, 4.69) is 28.8 Å². The Morgan fingerprint density at radius 3 is 2.41 bits per heavy atom. The van der Waals surface area contributed by atoms with Crippen molar-refractivity contribution >= 4 is 0 Å². The van der Waals surface area contributed by atoms with Gasteiger partial charge in [-0.2, -0.15) is 13.2 Å². The van der Waals surface area contributed by atoms with Crippen LogP contribution in [0.2, 0.25) is 0 Å². The fourth-order valence-corrected chi connectivity index (χ4v) is 3.10. The van der Waals surface area contributed by atoms with Crippen molar-refractivity contribution in [1.29, 1.82) is 0 Å². The van der Waals surface area contributed by atoms with Crippen LogP contribution >= 0.6 is 0 Å². The predicted octanol–water partition coefficient (Wildman–Crippen LogP) is 5.03. The van der Waals surface area contributed by atoms with Crippen LogP contribution in [0.1, 0.15) is 42.7 Å². The van der Waals surface area contributed by atoms with Gasteiger partial charge in [-0.05, 0) is 18.9 Å². The van der Waals surface area contributed by atoms with E-state index in [0.717, 1.165) is 23.0 Å². The van der Waals surface area contributed by atoms with Gasteiger partial charge in [0.15, 0.2) is 0 Å². The number of aryl methyl sites for hydroxylation is 3. The molecule has 0 aliphatic rings. The molecule has 0 spiro atoms. The van der Waals surface area contributed by atoms with E-state index in [1.54, 1.807) is 13.3 Å². The lowest BCUT2D eigenvalue weighted by Gasteiger charge is -2.14. The quantitative estimate of drug-likeness (QED) is 0.629. The number of imidazole rings is 1. The summed E-state index contributed by atoms with van der Waals surface area (Å²) in [6, 6.07) is 10.8. The van der Waals surface area contributed by atoms with Crippen molar-refractivity contribution in [3.05, 3.63) is 65.6 Å². The summed E-state index contributed by atoms with van der Waals surface area (Å²) in [5.41, 5.74) is 2.37. The van der Waals surface area contributed by atoms with Crippen molar-refractivity contribution in [2.45, 2.75) is 45.8 Å². The number of aromatic nitrogens is 4. The molecule has 0 amide bonds. The minimum atomic E-state index is -4.47. The van der Waals surface area contributed by atoms with E-state index in [0.29, 0.717) is 18.7 Å². The molecule has 27 heavy (non-hydrogen) atoms. The van der Waals surface area contributed by atoms with Gasteiger partial charge >= 0.3 is 6.18 Å². The summed E-state index contributed by atoms with van der Waals surface area (Å²) < 4.78 is 40.9. The van der Waals surface area contributed by atoms with Gasteiger partial charge in [-0.25, -0.2) is 15.0 Å². The van der Waals surface area contributed by atoms with Crippen LogP contribution < -0.4 is 0 Å². The summed E-state index contributed by atoms with van der Waals surface area (Å²) in [6.07, 6.45) is -2.44. The first-order chi connectivity index (χ1) is 12.8. The molecule has 1 aromatic carbocycles. The molecule has 0 unspecified atom stereocenters. The summed E-state index contributed by atoms with van der Waals surface area (Å²) in [4.78, 5) is 12.4. The van der Waals surface area contributed by atoms with Gasteiger partial charge in [0.1, 0.15) is 11.5 Å². The van der Waals surface area contributed by atoms with E-state index in [4.69, 9.17) is 0 Å². The topological polar surface area (TPSA) is 43.6 Å². The number of alkyl halides is 3. The highest BCUT2D eigenvalue weighted by Gasteiger charge is 2.33. The highest BCUT2D eigenvalue weighted by atomic mass is 19.4. The number of rotatable bonds is 5. The fourth-order valence-electron chi connectivity index (χ4n) is 3.10. The molecular weight excluding hydrogens is 353 g/mol. The normalized spacial score (nSPS) is 12.0. The van der Waals surface area contributed by atoms with Crippen molar-refractivity contribution in [2.75, 3.05) is 0 Å². The Balaban J connectivity index is 1.87. The standard InChI is InChI=1S/C20H21F3N4/c1-13(2)19-18(15-7-5-4-6-8-15)24-12-27(19)10-9-17-25-14(3)11-16(26-17)20(21,22)23/h4-8,11-13H,9-10H2,1-3H3. The average molecular weight is 374 g/mol. The van der Waals surface area contributed by atoms with Crippen molar-refractivity contribution in [3.63, 3.8) is 0 Å². The number of benzene rings is 1. The van der Waals surface area contributed by atoms with Crippen molar-refractivity contribution < 1.29 is 13.2 Å². The summed E-state index contributed by atoms with van der Waals surface area (Å²) in [7, 11) is 0. The Labute approximate surface area is 156 Å². The summed E-state index contributed by atoms with van der Waals surface area (Å²) in [6.45, 7) is 6.16. The van der Waals surface area contributed by atoms with E-state index in [1.165, 1.54) is 0 Å². The maximum absolute atomic E-state index is 13.0. The van der Waals surface area contributed by atoms with Gasteiger partial charge in [-0.1, -0.05) is 44.2 Å². The molecule has 0 radical (unpaired) electrons. The van der Waals surface area contributed by atoms with Crippen LogP contribution in [0.3, 0.4) is 0 Å². The number of hydrogen-bond donors (Lipinski definition) is 0. The molecular formula is C20H21F3N4. The van der Waals surface area contributed by atoms with Gasteiger partial charge in [0, 0.05) is 29.9 Å². The molecule has 0 aliphatic heterocycles. The van der Waals surface area contributed by atoms with Gasteiger partial charge in [0.05, 0.1) is 12.0 Å². The third-order valence-electron chi connectivity index (χ3n) is 4.24. The lowest BCUT2D eigenvalue weighted by atomic mass is 10.0. The molecule has 0 fully saturated rings. The SMILES string of the molecule is Cc1cc(C(F)(F)F)nc(CCn2cnc(-c3ccccc3)c2C(C)C)n1. The van der Waals surface area contributed by atoms with Crippen molar-refractivity contribution in [2.24, 2.45) is 0 Å². The molecule has 3 rings (SSSR count). The zero-order chi connectivity index (χ0) is 19.6. The van der Waals surface area contributed by atoms with E-state index in [9.17, 15) is 13.2 Å². The first-order valence-electron chi connectivity index (χ1n) is 8.78. The van der Waals surface area contributed by atoms with Gasteiger partial charge < -0.3 is 4.57 Å². The third-order valence-corrected chi connectivity index (χ3v) is 4.24. The summed E-state index contributed by atoms with van der Waals surface area (Å²) in [5, 5.41) is 0. The molecule has 142 valence electrons. The molecule has 0 aliphatic carbocycles. The fraction of sp³-hybridized carbons (Fsp3) is 0.350. The van der Waals surface area contributed by atoms with Crippen LogP contribution in [-0.4, -0.2) is 19.5 Å². The molecule has 0 bridgehead atoms. The zero-order valence-electron chi connectivity index (χ0n) is 15.5. The Bertz CT molecular complexity index is 915. The Morgan fingerprint density at radius 1 is 1.07 bits per heavy atom. The Kier molecular flexibility index (Phi) is 5.30. The first kappa shape index (κ1) is 19.1. The molecule has 2 heterocycles. The second-order valence-corrected chi connectivity index (χ2v) is 6.75. The van der Waals surface area contributed by atoms with Crippen LogP contribution in [0.15, 0.2) is 42.7 Å². The zero-order valence-corrected chi connectivity index (χ0v) is 15.5. The van der Waals surface area contributed by atoms with Crippen LogP contribution in [0.4, 0.5) is 13.2 Å². The van der Waals surface area contributed by atoms with Crippen LogP contribution in [0.25, 0.3) is 11.3 Å². The van der Waals surface area contributed by atoms with Crippen LogP contribution in [0, 0.1) is 6.92 Å². The third kappa shape index (κ3) is 4.35. The molecule has 0 N–H and O–H groups in total. The second kappa shape index (κ2) is 7.50. The molecule has 3 aromatic rings.